The summed E-state index contributed by atoms with van der Waals surface area (Å²) in [6.07, 6.45) is 0. The summed E-state index contributed by atoms with van der Waals surface area (Å²) in [6.45, 7) is 0. The molecule has 0 aliphatic heterocycles. The van der Waals surface area contributed by atoms with Crippen molar-refractivity contribution in [3.63, 3.8) is 0 Å². The molecule has 88 valence electrons. The van der Waals surface area contributed by atoms with E-state index in [-0.39, 0.29) is 5.56 Å². The van der Waals surface area contributed by atoms with Crippen LogP contribution in [0.15, 0.2) is 48.5 Å². The van der Waals surface area contributed by atoms with Gasteiger partial charge in [0, 0.05) is 11.4 Å². The van der Waals surface area contributed by atoms with E-state index in [0.29, 0.717) is 5.56 Å². The van der Waals surface area contributed by atoms with Gasteiger partial charge in [-0.2, -0.15) is 5.26 Å². The van der Waals surface area contributed by atoms with Gasteiger partial charge < -0.3 is 10.4 Å². The molecule has 2 rings (SSSR count). The minimum atomic E-state index is -0.951. The highest BCUT2D eigenvalue weighted by Gasteiger charge is 2.02. The summed E-state index contributed by atoms with van der Waals surface area (Å²) in [4.78, 5) is 10.7. The number of nitriles is 1. The van der Waals surface area contributed by atoms with Crippen LogP contribution >= 0.6 is 0 Å². The molecule has 0 aliphatic carbocycles. The molecule has 4 heteroatoms. The molecule has 0 aromatic heterocycles. The van der Waals surface area contributed by atoms with Gasteiger partial charge in [-0.1, -0.05) is 6.07 Å². The number of nitrogens with zero attached hydrogens (tertiary/aromatic N) is 1. The molecule has 0 saturated carbocycles. The molecule has 0 spiro atoms. The van der Waals surface area contributed by atoms with Gasteiger partial charge in [-0.25, -0.2) is 4.79 Å². The van der Waals surface area contributed by atoms with Gasteiger partial charge in [0.15, 0.2) is 0 Å². The zero-order valence-electron chi connectivity index (χ0n) is 9.42. The molecule has 2 aromatic rings. The molecule has 2 N–H and O–H groups in total. The molecule has 0 aliphatic rings. The second kappa shape index (κ2) is 5.02. The Kier molecular flexibility index (Phi) is 3.26. The molecule has 4 nitrogen and oxygen atoms in total. The monoisotopic (exact) mass is 238 g/mol. The van der Waals surface area contributed by atoms with Gasteiger partial charge in [0.05, 0.1) is 17.2 Å². The maximum Gasteiger partial charge on any atom is 0.335 e. The lowest BCUT2D eigenvalue weighted by molar-refractivity contribution is 0.0697. The first-order valence-corrected chi connectivity index (χ1v) is 5.29. The standard InChI is InChI=1S/C14H10N2O2/c15-9-10-2-1-3-13(8-10)16-12-6-4-11(5-7-12)14(17)18/h1-8,16H,(H,17,18). The molecule has 0 radical (unpaired) electrons. The fourth-order valence-corrected chi connectivity index (χ4v) is 1.53. The lowest BCUT2D eigenvalue weighted by atomic mass is 10.2. The first-order chi connectivity index (χ1) is 8.69. The van der Waals surface area contributed by atoms with E-state index in [1.54, 1.807) is 30.3 Å². The number of carbonyl (C=O) groups is 1. The van der Waals surface area contributed by atoms with Crippen LogP contribution < -0.4 is 5.32 Å². The molecule has 0 atom stereocenters. The lowest BCUT2D eigenvalue weighted by Gasteiger charge is -2.06. The van der Waals surface area contributed by atoms with Crippen molar-refractivity contribution in [3.05, 3.63) is 59.7 Å². The maximum absolute atomic E-state index is 10.7. The van der Waals surface area contributed by atoms with Gasteiger partial charge in [-0.15, -0.1) is 0 Å². The van der Waals surface area contributed by atoms with Crippen molar-refractivity contribution < 1.29 is 9.90 Å². The van der Waals surface area contributed by atoms with E-state index < -0.39 is 5.97 Å². The van der Waals surface area contributed by atoms with Crippen LogP contribution in [0, 0.1) is 11.3 Å². The Morgan fingerprint density at radius 1 is 1.11 bits per heavy atom. The van der Waals surface area contributed by atoms with Crippen LogP contribution in [0.4, 0.5) is 11.4 Å². The van der Waals surface area contributed by atoms with Crippen LogP contribution in [0.25, 0.3) is 0 Å². The minimum Gasteiger partial charge on any atom is -0.478 e. The molecule has 0 bridgehead atoms. The molecule has 0 fully saturated rings. The Balaban J connectivity index is 2.18. The minimum absolute atomic E-state index is 0.242. The van der Waals surface area contributed by atoms with Gasteiger partial charge in [-0.3, -0.25) is 0 Å². The topological polar surface area (TPSA) is 73.1 Å². The number of carboxylic acids is 1. The van der Waals surface area contributed by atoms with E-state index in [1.807, 2.05) is 6.07 Å². The summed E-state index contributed by atoms with van der Waals surface area (Å²) in [5.74, 6) is -0.951. The Hall–Kier alpha value is -2.80. The number of carboxylic acid groups (broad SMARTS) is 1. The highest BCUT2D eigenvalue weighted by Crippen LogP contribution is 2.18. The number of aromatic carboxylic acids is 1. The van der Waals surface area contributed by atoms with Gasteiger partial charge in [0.2, 0.25) is 0 Å². The van der Waals surface area contributed by atoms with E-state index in [2.05, 4.69) is 11.4 Å². The van der Waals surface area contributed by atoms with Crippen molar-refractivity contribution in [3.8, 4) is 6.07 Å². The number of hydrogen-bond acceptors (Lipinski definition) is 3. The third-order valence-electron chi connectivity index (χ3n) is 2.41. The molecular weight excluding hydrogens is 228 g/mol. The number of rotatable bonds is 3. The summed E-state index contributed by atoms with van der Waals surface area (Å²) in [5.41, 5.74) is 2.38. The summed E-state index contributed by atoms with van der Waals surface area (Å²) in [7, 11) is 0. The second-order valence-electron chi connectivity index (χ2n) is 3.70. The number of anilines is 2. The van der Waals surface area contributed by atoms with Crippen molar-refractivity contribution in [2.45, 2.75) is 0 Å². The van der Waals surface area contributed by atoms with Crippen molar-refractivity contribution >= 4 is 17.3 Å². The molecule has 0 amide bonds. The Bertz CT molecular complexity index is 612. The molecule has 0 unspecified atom stereocenters. The average molecular weight is 238 g/mol. The Morgan fingerprint density at radius 3 is 2.44 bits per heavy atom. The fourth-order valence-electron chi connectivity index (χ4n) is 1.53. The lowest BCUT2D eigenvalue weighted by Crippen LogP contribution is -1.96. The van der Waals surface area contributed by atoms with Crippen LogP contribution in [-0.2, 0) is 0 Å². The number of benzene rings is 2. The number of nitrogens with one attached hydrogen (secondary N) is 1. The molecule has 0 saturated heterocycles. The van der Waals surface area contributed by atoms with Crippen molar-refractivity contribution in [2.24, 2.45) is 0 Å². The van der Waals surface area contributed by atoms with Crippen LogP contribution in [0.3, 0.4) is 0 Å². The Morgan fingerprint density at radius 2 is 1.83 bits per heavy atom. The van der Waals surface area contributed by atoms with Crippen molar-refractivity contribution in [1.82, 2.24) is 0 Å². The summed E-state index contributed by atoms with van der Waals surface area (Å²) in [5, 5.41) is 20.7. The van der Waals surface area contributed by atoms with Gasteiger partial charge >= 0.3 is 5.97 Å². The predicted octanol–water partition coefficient (Wildman–Crippen LogP) is 3.00. The second-order valence-corrected chi connectivity index (χ2v) is 3.70. The smallest absolute Gasteiger partial charge is 0.335 e. The maximum atomic E-state index is 10.7. The van der Waals surface area contributed by atoms with E-state index >= 15 is 0 Å². The summed E-state index contributed by atoms with van der Waals surface area (Å²) in [6, 6.07) is 15.6. The summed E-state index contributed by atoms with van der Waals surface area (Å²) < 4.78 is 0. The van der Waals surface area contributed by atoms with Gasteiger partial charge in [0.25, 0.3) is 0 Å². The average Bonchev–Trinajstić information content (AvgIpc) is 2.39. The molecule has 18 heavy (non-hydrogen) atoms. The largest absolute Gasteiger partial charge is 0.478 e. The van der Waals surface area contributed by atoms with E-state index in [9.17, 15) is 4.79 Å². The van der Waals surface area contributed by atoms with Crippen LogP contribution in [-0.4, -0.2) is 11.1 Å². The number of hydrogen-bond donors (Lipinski definition) is 2. The van der Waals surface area contributed by atoms with E-state index in [0.717, 1.165) is 11.4 Å². The third-order valence-corrected chi connectivity index (χ3v) is 2.41. The molecule has 2 aromatic carbocycles. The highest BCUT2D eigenvalue weighted by molar-refractivity contribution is 5.88. The van der Waals surface area contributed by atoms with Gasteiger partial charge in [0.1, 0.15) is 0 Å². The first-order valence-electron chi connectivity index (χ1n) is 5.29. The first kappa shape index (κ1) is 11.7. The van der Waals surface area contributed by atoms with E-state index in [4.69, 9.17) is 10.4 Å². The van der Waals surface area contributed by atoms with Crippen molar-refractivity contribution in [1.29, 1.82) is 5.26 Å². The predicted molar refractivity (Wildman–Crippen MR) is 67.8 cm³/mol. The van der Waals surface area contributed by atoms with Crippen molar-refractivity contribution in [2.75, 3.05) is 5.32 Å². The quantitative estimate of drug-likeness (QED) is 0.862. The zero-order valence-corrected chi connectivity index (χ0v) is 9.42. The third kappa shape index (κ3) is 2.66. The Labute approximate surface area is 104 Å². The molecule has 0 heterocycles. The normalized spacial score (nSPS) is 9.50. The highest BCUT2D eigenvalue weighted by atomic mass is 16.4. The van der Waals surface area contributed by atoms with Gasteiger partial charge in [-0.05, 0) is 42.5 Å². The van der Waals surface area contributed by atoms with Crippen LogP contribution in [0.2, 0.25) is 0 Å². The van der Waals surface area contributed by atoms with E-state index in [1.165, 1.54) is 12.1 Å². The van der Waals surface area contributed by atoms with Crippen LogP contribution in [0.1, 0.15) is 15.9 Å². The van der Waals surface area contributed by atoms with Crippen LogP contribution in [0.5, 0.6) is 0 Å². The SMILES string of the molecule is N#Cc1cccc(Nc2ccc(C(=O)O)cc2)c1. The zero-order chi connectivity index (χ0) is 13.0. The summed E-state index contributed by atoms with van der Waals surface area (Å²) >= 11 is 0. The molecular formula is C14H10N2O2. The fraction of sp³-hybridized carbons (Fsp3) is 0.